The predicted molar refractivity (Wildman–Crippen MR) is 58.4 cm³/mol. The van der Waals surface area contributed by atoms with E-state index in [1.165, 1.54) is 24.1 Å². The van der Waals surface area contributed by atoms with Gasteiger partial charge in [-0.05, 0) is 31.7 Å². The van der Waals surface area contributed by atoms with Crippen LogP contribution in [0.25, 0.3) is 0 Å². The van der Waals surface area contributed by atoms with Gasteiger partial charge >= 0.3 is 0 Å². The van der Waals surface area contributed by atoms with Gasteiger partial charge in [-0.15, -0.1) is 0 Å². The molecule has 2 rings (SSSR count). The second-order valence-electron chi connectivity index (χ2n) is 4.11. The van der Waals surface area contributed by atoms with Crippen LogP contribution in [0.5, 0.6) is 0 Å². The molecule has 2 N–H and O–H groups in total. The molecule has 0 atom stereocenters. The maximum Gasteiger partial charge on any atom is 0.180 e. The summed E-state index contributed by atoms with van der Waals surface area (Å²) < 4.78 is 4.86. The van der Waals surface area contributed by atoms with E-state index in [4.69, 9.17) is 10.1 Å². The third-order valence-electron chi connectivity index (χ3n) is 2.92. The molecule has 1 heterocycles. The zero-order valence-electron chi connectivity index (χ0n) is 9.26. The lowest BCUT2D eigenvalue weighted by atomic mass is 10.0. The molecule has 0 aliphatic heterocycles. The number of ether oxygens (including phenoxy) is 1. The van der Waals surface area contributed by atoms with Gasteiger partial charge in [-0.1, -0.05) is 0 Å². The Labute approximate surface area is 89.5 Å². The van der Waals surface area contributed by atoms with Crippen LogP contribution in [-0.2, 0) is 11.2 Å². The Morgan fingerprint density at radius 1 is 1.60 bits per heavy atom. The van der Waals surface area contributed by atoms with E-state index in [1.807, 2.05) is 6.92 Å². The Kier molecular flexibility index (Phi) is 2.75. The zero-order valence-corrected chi connectivity index (χ0v) is 9.26. The van der Waals surface area contributed by atoms with Crippen molar-refractivity contribution in [2.24, 2.45) is 0 Å². The highest BCUT2D eigenvalue weighted by Crippen LogP contribution is 2.41. The van der Waals surface area contributed by atoms with Gasteiger partial charge in [0.2, 0.25) is 0 Å². The van der Waals surface area contributed by atoms with E-state index >= 15 is 0 Å². The highest BCUT2D eigenvalue weighted by molar-refractivity contribution is 5.72. The quantitative estimate of drug-likeness (QED) is 0.587. The van der Waals surface area contributed by atoms with Gasteiger partial charge in [0.15, 0.2) is 5.90 Å². The van der Waals surface area contributed by atoms with Crippen molar-refractivity contribution >= 4 is 5.90 Å². The highest BCUT2D eigenvalue weighted by atomic mass is 16.5. The first-order valence-electron chi connectivity index (χ1n) is 5.37. The lowest BCUT2D eigenvalue weighted by Gasteiger charge is -2.03. The summed E-state index contributed by atoms with van der Waals surface area (Å²) in [6.07, 6.45) is 4.05. The number of nitrogens with zero attached hydrogens (tertiary/aromatic N) is 1. The average molecular weight is 207 g/mol. The van der Waals surface area contributed by atoms with Crippen LogP contribution in [0.2, 0.25) is 0 Å². The molecule has 4 nitrogen and oxygen atoms in total. The van der Waals surface area contributed by atoms with E-state index in [0.717, 1.165) is 12.1 Å². The molecule has 0 radical (unpaired) electrons. The van der Waals surface area contributed by atoms with Gasteiger partial charge in [0.1, 0.15) is 0 Å². The fourth-order valence-corrected chi connectivity index (χ4v) is 1.82. The smallest absolute Gasteiger partial charge is 0.180 e. The molecule has 1 fully saturated rings. The van der Waals surface area contributed by atoms with Crippen molar-refractivity contribution in [2.45, 2.75) is 38.5 Å². The molecule has 0 aromatic carbocycles. The van der Waals surface area contributed by atoms with Crippen LogP contribution in [0, 0.1) is 12.3 Å². The summed E-state index contributed by atoms with van der Waals surface area (Å²) in [6.45, 7) is 2.05. The first-order valence-corrected chi connectivity index (χ1v) is 5.37. The van der Waals surface area contributed by atoms with Crippen LogP contribution in [0.3, 0.4) is 0 Å². The Bertz CT molecular complexity index is 366. The highest BCUT2D eigenvalue weighted by Gasteiger charge is 2.29. The molecule has 1 saturated carbocycles. The van der Waals surface area contributed by atoms with Crippen LogP contribution >= 0.6 is 0 Å². The van der Waals surface area contributed by atoms with Gasteiger partial charge in [-0.2, -0.15) is 5.10 Å². The maximum absolute atomic E-state index is 7.45. The zero-order chi connectivity index (χ0) is 10.8. The molecule has 0 unspecified atom stereocenters. The number of rotatable bonds is 4. The average Bonchev–Trinajstić information content (AvgIpc) is 3.01. The van der Waals surface area contributed by atoms with Crippen molar-refractivity contribution in [3.8, 4) is 0 Å². The minimum Gasteiger partial charge on any atom is -0.484 e. The van der Waals surface area contributed by atoms with E-state index in [9.17, 15) is 0 Å². The Morgan fingerprint density at radius 2 is 2.33 bits per heavy atom. The van der Waals surface area contributed by atoms with Gasteiger partial charge in [0, 0.05) is 18.0 Å². The lowest BCUT2D eigenvalue weighted by Crippen LogP contribution is -2.02. The number of H-pyrrole nitrogens is 1. The Hall–Kier alpha value is -1.32. The van der Waals surface area contributed by atoms with Gasteiger partial charge in [-0.3, -0.25) is 10.5 Å². The summed E-state index contributed by atoms with van der Waals surface area (Å²) in [5.41, 5.74) is 3.65. The Balaban J connectivity index is 2.05. The molecule has 15 heavy (non-hydrogen) atoms. The molecule has 1 aliphatic carbocycles. The maximum atomic E-state index is 7.45. The summed E-state index contributed by atoms with van der Waals surface area (Å²) >= 11 is 0. The fraction of sp³-hybridized carbons (Fsp3) is 0.636. The molecule has 0 spiro atoms. The molecule has 0 amide bonds. The van der Waals surface area contributed by atoms with Crippen LogP contribution in [-0.4, -0.2) is 23.2 Å². The number of aromatic amines is 1. The summed E-state index contributed by atoms with van der Waals surface area (Å²) in [7, 11) is 1.55. The molecule has 1 aromatic rings. The van der Waals surface area contributed by atoms with Gasteiger partial charge in [-0.25, -0.2) is 0 Å². The number of methoxy groups -OCH3 is 1. The monoisotopic (exact) mass is 207 g/mol. The standard InChI is InChI=1S/C11H17N3O/c1-7-9(5-6-10(12)15-2)11(14-13-7)8-3-4-8/h8,12H,3-6H2,1-2H3,(H,13,14). The fourth-order valence-electron chi connectivity index (χ4n) is 1.82. The molecule has 82 valence electrons. The number of aryl methyl sites for hydroxylation is 1. The first-order chi connectivity index (χ1) is 7.22. The summed E-state index contributed by atoms with van der Waals surface area (Å²) in [4.78, 5) is 0. The van der Waals surface area contributed by atoms with E-state index in [-0.39, 0.29) is 0 Å². The van der Waals surface area contributed by atoms with Crippen molar-refractivity contribution in [1.29, 1.82) is 5.41 Å². The van der Waals surface area contributed by atoms with Crippen molar-refractivity contribution < 1.29 is 4.74 Å². The number of hydrogen-bond acceptors (Lipinski definition) is 3. The second kappa shape index (κ2) is 4.04. The number of hydrogen-bond donors (Lipinski definition) is 2. The predicted octanol–water partition coefficient (Wildman–Crippen LogP) is 2.15. The SMILES string of the molecule is COC(=N)CCc1c(C2CC2)n[nH]c1C. The summed E-state index contributed by atoms with van der Waals surface area (Å²) in [6, 6.07) is 0. The van der Waals surface area contributed by atoms with Crippen molar-refractivity contribution in [1.82, 2.24) is 10.2 Å². The molecule has 4 heteroatoms. The van der Waals surface area contributed by atoms with E-state index in [2.05, 4.69) is 10.2 Å². The van der Waals surface area contributed by atoms with Crippen LogP contribution in [0.4, 0.5) is 0 Å². The third kappa shape index (κ3) is 2.19. The van der Waals surface area contributed by atoms with Crippen LogP contribution < -0.4 is 0 Å². The van der Waals surface area contributed by atoms with E-state index in [1.54, 1.807) is 7.11 Å². The van der Waals surface area contributed by atoms with Crippen molar-refractivity contribution in [2.75, 3.05) is 7.11 Å². The lowest BCUT2D eigenvalue weighted by molar-refractivity contribution is 0.386. The van der Waals surface area contributed by atoms with Crippen molar-refractivity contribution in [3.63, 3.8) is 0 Å². The minimum atomic E-state index is 0.345. The largest absolute Gasteiger partial charge is 0.484 e. The minimum absolute atomic E-state index is 0.345. The molecule has 1 aromatic heterocycles. The van der Waals surface area contributed by atoms with Gasteiger partial charge in [0.05, 0.1) is 12.8 Å². The van der Waals surface area contributed by atoms with Crippen LogP contribution in [0.15, 0.2) is 0 Å². The normalized spacial score (nSPS) is 15.3. The molecular formula is C11H17N3O. The third-order valence-corrected chi connectivity index (χ3v) is 2.92. The van der Waals surface area contributed by atoms with Crippen molar-refractivity contribution in [3.05, 3.63) is 17.0 Å². The summed E-state index contributed by atoms with van der Waals surface area (Å²) in [5, 5.41) is 14.8. The number of aromatic nitrogens is 2. The van der Waals surface area contributed by atoms with E-state index in [0.29, 0.717) is 18.2 Å². The Morgan fingerprint density at radius 3 is 2.93 bits per heavy atom. The second-order valence-corrected chi connectivity index (χ2v) is 4.11. The molecule has 1 aliphatic rings. The topological polar surface area (TPSA) is 61.8 Å². The first kappa shape index (κ1) is 10.2. The van der Waals surface area contributed by atoms with Gasteiger partial charge < -0.3 is 4.74 Å². The van der Waals surface area contributed by atoms with Gasteiger partial charge in [0.25, 0.3) is 0 Å². The summed E-state index contributed by atoms with van der Waals surface area (Å²) in [5.74, 6) is 1.01. The van der Waals surface area contributed by atoms with Crippen LogP contribution in [0.1, 0.15) is 42.1 Å². The number of nitrogens with one attached hydrogen (secondary N) is 2. The molecule has 0 bridgehead atoms. The van der Waals surface area contributed by atoms with E-state index < -0.39 is 0 Å². The molecular weight excluding hydrogens is 190 g/mol. The molecule has 0 saturated heterocycles.